The van der Waals surface area contributed by atoms with Crippen LogP contribution in [-0.2, 0) is 39.6 Å². The van der Waals surface area contributed by atoms with Crippen LogP contribution in [0.3, 0.4) is 0 Å². The summed E-state index contributed by atoms with van der Waals surface area (Å²) in [4.78, 5) is 28.9. The molecule has 0 unspecified atom stereocenters. The quantitative estimate of drug-likeness (QED) is 0.0361. The van der Waals surface area contributed by atoms with Gasteiger partial charge >= 0.3 is 0 Å². The van der Waals surface area contributed by atoms with Gasteiger partial charge in [0, 0.05) is 31.2 Å². The third-order valence-electron chi connectivity index (χ3n) is 6.62. The lowest BCUT2D eigenvalue weighted by atomic mass is 10.1. The van der Waals surface area contributed by atoms with Crippen molar-refractivity contribution in [1.82, 2.24) is 0 Å². The Kier molecular flexibility index (Phi) is 25.2. The predicted octanol–water partition coefficient (Wildman–Crippen LogP) is 3.21. The first kappa shape index (κ1) is 42.1. The number of nitro benzene ring substituents is 2. The molecular formula is C31H54N5O11+. The van der Waals surface area contributed by atoms with Gasteiger partial charge in [-0.15, -0.1) is 0 Å². The molecular weight excluding hydrogens is 618 g/mol. The lowest BCUT2D eigenvalue weighted by Gasteiger charge is -2.29. The Morgan fingerprint density at radius 2 is 1.15 bits per heavy atom. The second kappa shape index (κ2) is 28.1. The van der Waals surface area contributed by atoms with E-state index in [1.165, 1.54) is 12.1 Å². The summed E-state index contributed by atoms with van der Waals surface area (Å²) >= 11 is 0. The molecule has 268 valence electrons. The van der Waals surface area contributed by atoms with Crippen molar-refractivity contribution in [2.24, 2.45) is 9.98 Å². The number of aryl methyl sites for hydroxylation is 1. The van der Waals surface area contributed by atoms with E-state index in [1.54, 1.807) is 0 Å². The van der Waals surface area contributed by atoms with Gasteiger partial charge in [-0.25, -0.2) is 9.98 Å². The van der Waals surface area contributed by atoms with Gasteiger partial charge < -0.3 is 37.6 Å². The molecule has 0 spiro atoms. The maximum absolute atomic E-state index is 11.2. The first-order chi connectivity index (χ1) is 22.8. The van der Waals surface area contributed by atoms with Crippen molar-refractivity contribution >= 4 is 17.4 Å². The SMILES string of the molecule is CCN=C=NCCC[N+](C)(C)CCOCCOCCOCCOCCOCCOCCOCCCc1ccc([N+](=O)[O-])cc1[N+](=O)[O-]. The Morgan fingerprint density at radius 1 is 0.660 bits per heavy atom. The molecule has 1 aromatic carbocycles. The summed E-state index contributed by atoms with van der Waals surface area (Å²) in [7, 11) is 4.38. The highest BCUT2D eigenvalue weighted by Gasteiger charge is 2.19. The van der Waals surface area contributed by atoms with E-state index in [4.69, 9.17) is 33.2 Å². The number of non-ortho nitro benzene ring substituents is 1. The number of hydrogen-bond acceptors (Lipinski definition) is 13. The van der Waals surface area contributed by atoms with E-state index >= 15 is 0 Å². The molecule has 0 bridgehead atoms. The number of quaternary nitrogens is 1. The van der Waals surface area contributed by atoms with Crippen LogP contribution < -0.4 is 0 Å². The van der Waals surface area contributed by atoms with E-state index in [9.17, 15) is 20.2 Å². The zero-order valence-corrected chi connectivity index (χ0v) is 28.3. The number of benzene rings is 1. The molecule has 1 rings (SSSR count). The van der Waals surface area contributed by atoms with Crippen LogP contribution in [-0.4, -0.2) is 153 Å². The van der Waals surface area contributed by atoms with Gasteiger partial charge in [0.1, 0.15) is 6.54 Å². The molecule has 0 fully saturated rings. The summed E-state index contributed by atoms with van der Waals surface area (Å²) in [6.45, 7) is 12.1. The summed E-state index contributed by atoms with van der Waals surface area (Å²) in [5, 5.41) is 22.0. The van der Waals surface area contributed by atoms with E-state index in [1.807, 2.05) is 6.92 Å². The van der Waals surface area contributed by atoms with Gasteiger partial charge in [0.25, 0.3) is 11.4 Å². The van der Waals surface area contributed by atoms with Crippen molar-refractivity contribution in [2.45, 2.75) is 26.2 Å². The molecule has 0 aliphatic rings. The number of hydrogen-bond donors (Lipinski definition) is 0. The summed E-state index contributed by atoms with van der Waals surface area (Å²) in [5.74, 6) is 0. The largest absolute Gasteiger partial charge is 0.379 e. The molecule has 0 saturated carbocycles. The second-order valence-corrected chi connectivity index (χ2v) is 10.9. The highest BCUT2D eigenvalue weighted by atomic mass is 16.6. The van der Waals surface area contributed by atoms with Crippen LogP contribution in [0, 0.1) is 20.2 Å². The minimum atomic E-state index is -0.651. The maximum atomic E-state index is 11.2. The average molecular weight is 673 g/mol. The van der Waals surface area contributed by atoms with Gasteiger partial charge in [0.2, 0.25) is 0 Å². The molecule has 47 heavy (non-hydrogen) atoms. The van der Waals surface area contributed by atoms with Crippen molar-refractivity contribution in [3.8, 4) is 0 Å². The zero-order chi connectivity index (χ0) is 34.4. The maximum Gasteiger partial charge on any atom is 0.279 e. The van der Waals surface area contributed by atoms with Crippen LogP contribution in [0.5, 0.6) is 0 Å². The van der Waals surface area contributed by atoms with Crippen molar-refractivity contribution in [1.29, 1.82) is 0 Å². The van der Waals surface area contributed by atoms with Crippen LogP contribution >= 0.6 is 0 Å². The monoisotopic (exact) mass is 672 g/mol. The molecule has 16 nitrogen and oxygen atoms in total. The lowest BCUT2D eigenvalue weighted by molar-refractivity contribution is -0.890. The topological polar surface area (TPSA) is 176 Å². The average Bonchev–Trinajstić information content (AvgIpc) is 3.04. The van der Waals surface area contributed by atoms with Crippen molar-refractivity contribution in [2.75, 3.05) is 133 Å². The molecule has 16 heteroatoms. The van der Waals surface area contributed by atoms with Crippen molar-refractivity contribution in [3.63, 3.8) is 0 Å². The van der Waals surface area contributed by atoms with E-state index in [2.05, 4.69) is 30.1 Å². The summed E-state index contributed by atoms with van der Waals surface area (Å²) in [5.41, 5.74) is -0.114. The number of nitro groups is 2. The van der Waals surface area contributed by atoms with Crippen molar-refractivity contribution < 1.29 is 47.5 Å². The van der Waals surface area contributed by atoms with Gasteiger partial charge in [-0.1, -0.05) is 0 Å². The van der Waals surface area contributed by atoms with Gasteiger partial charge in [0.15, 0.2) is 0 Å². The number of likely N-dealkylation sites (N-methyl/N-ethyl adjacent to an activating group) is 1. The second-order valence-electron chi connectivity index (χ2n) is 10.9. The Labute approximate surface area is 277 Å². The van der Waals surface area contributed by atoms with Gasteiger partial charge in [-0.2, -0.15) is 0 Å². The first-order valence-electron chi connectivity index (χ1n) is 16.1. The van der Waals surface area contributed by atoms with Crippen LogP contribution in [0.1, 0.15) is 25.3 Å². The highest BCUT2D eigenvalue weighted by Crippen LogP contribution is 2.25. The van der Waals surface area contributed by atoms with Gasteiger partial charge in [-0.05, 0) is 25.8 Å². The third kappa shape index (κ3) is 24.0. The van der Waals surface area contributed by atoms with Crippen molar-refractivity contribution in [3.05, 3.63) is 44.0 Å². The molecule has 0 amide bonds. The smallest absolute Gasteiger partial charge is 0.279 e. The fourth-order valence-electron chi connectivity index (χ4n) is 4.01. The molecule has 0 aliphatic carbocycles. The minimum Gasteiger partial charge on any atom is -0.379 e. The molecule has 1 aromatic rings. The summed E-state index contributed by atoms with van der Waals surface area (Å²) < 4.78 is 39.5. The normalized spacial score (nSPS) is 11.4. The van der Waals surface area contributed by atoms with E-state index in [0.29, 0.717) is 117 Å². The molecule has 0 aliphatic heterocycles. The van der Waals surface area contributed by atoms with Crippen LogP contribution in [0.4, 0.5) is 11.4 Å². The van der Waals surface area contributed by atoms with Gasteiger partial charge in [0.05, 0.1) is 135 Å². The fourth-order valence-corrected chi connectivity index (χ4v) is 4.01. The first-order valence-corrected chi connectivity index (χ1v) is 16.1. The van der Waals surface area contributed by atoms with Crippen LogP contribution in [0.25, 0.3) is 0 Å². The van der Waals surface area contributed by atoms with Gasteiger partial charge in [-0.3, -0.25) is 20.2 Å². The zero-order valence-electron chi connectivity index (χ0n) is 28.3. The molecule has 0 radical (unpaired) electrons. The highest BCUT2D eigenvalue weighted by molar-refractivity contribution is 5.49. The Balaban J connectivity index is 1.81. The molecule has 0 aromatic heterocycles. The van der Waals surface area contributed by atoms with E-state index in [-0.39, 0.29) is 11.4 Å². The Bertz CT molecular complexity index is 1040. The minimum absolute atomic E-state index is 0.252. The molecule has 0 N–H and O–H groups in total. The number of ether oxygens (including phenoxy) is 7. The lowest BCUT2D eigenvalue weighted by Crippen LogP contribution is -2.43. The summed E-state index contributed by atoms with van der Waals surface area (Å²) in [6, 6.07) is 6.37. The number of rotatable bonds is 32. The van der Waals surface area contributed by atoms with Crippen LogP contribution in [0.15, 0.2) is 28.2 Å². The Hall–Kier alpha value is -2.92. The predicted molar refractivity (Wildman–Crippen MR) is 176 cm³/mol. The Morgan fingerprint density at radius 3 is 1.62 bits per heavy atom. The van der Waals surface area contributed by atoms with E-state index < -0.39 is 9.85 Å². The molecule has 0 heterocycles. The molecule has 0 atom stereocenters. The third-order valence-corrected chi connectivity index (χ3v) is 6.62. The van der Waals surface area contributed by atoms with Crippen LogP contribution in [0.2, 0.25) is 0 Å². The fraction of sp³-hybridized carbons (Fsp3) is 0.774. The standard InChI is InChI=1S/C31H54N5O11/c1-4-32-28-33-10-6-11-36(2,3)12-14-42-16-18-44-20-22-46-24-26-47-25-23-45-21-19-43-17-15-41-13-5-7-29-8-9-30(34(37)38)27-31(29)35(39)40/h8-9,27H,4-7,10-26H2,1-3H3/q+1. The number of aliphatic imine (C=N–C) groups is 2. The summed E-state index contributed by atoms with van der Waals surface area (Å²) in [6.07, 6.45) is 1.92. The molecule has 0 saturated heterocycles. The number of nitrogens with zero attached hydrogens (tertiary/aromatic N) is 5. The van der Waals surface area contributed by atoms with E-state index in [0.717, 1.165) is 36.6 Å².